The number of unbranched alkanes of at least 4 members (excludes halogenated alkanes) is 2. The normalized spacial score (nSPS) is 10.8. The Morgan fingerprint density at radius 1 is 1.47 bits per heavy atom. The third-order valence-corrected chi connectivity index (χ3v) is 3.88. The lowest BCUT2D eigenvalue weighted by Crippen LogP contribution is -2.10. The lowest BCUT2D eigenvalue weighted by Gasteiger charge is -2.05. The molecule has 1 amide bonds. The van der Waals surface area contributed by atoms with Crippen molar-refractivity contribution in [3.05, 3.63) is 17.2 Å². The van der Waals surface area contributed by atoms with Crippen molar-refractivity contribution in [1.82, 2.24) is 4.98 Å². The maximum atomic E-state index is 11.7. The summed E-state index contributed by atoms with van der Waals surface area (Å²) in [5.74, 6) is 0.0151. The molecule has 0 atom stereocenters. The number of anilines is 2. The number of hydrogen-bond acceptors (Lipinski definition) is 4. The van der Waals surface area contributed by atoms with Crippen molar-refractivity contribution in [2.24, 2.45) is 0 Å². The highest BCUT2D eigenvalue weighted by molar-refractivity contribution is 7.22. The number of benzene rings is 1. The standard InChI is InChI=1S/C13H16ClN3OS/c1-2-3-4-5-11(18)16-8-6-9(14)12-10(7-8)19-13(15)17-12/h6-7H,2-5H2,1H3,(H2,15,17)(H,16,18). The van der Waals surface area contributed by atoms with Crippen molar-refractivity contribution in [1.29, 1.82) is 0 Å². The molecule has 0 spiro atoms. The minimum Gasteiger partial charge on any atom is -0.375 e. The van der Waals surface area contributed by atoms with Gasteiger partial charge in [0.2, 0.25) is 5.91 Å². The Bertz CT molecular complexity index is 597. The van der Waals surface area contributed by atoms with Gasteiger partial charge in [-0.15, -0.1) is 0 Å². The van der Waals surface area contributed by atoms with Gasteiger partial charge in [-0.3, -0.25) is 4.79 Å². The van der Waals surface area contributed by atoms with Gasteiger partial charge in [-0.2, -0.15) is 0 Å². The molecule has 1 aromatic heterocycles. The van der Waals surface area contributed by atoms with E-state index in [1.54, 1.807) is 6.07 Å². The van der Waals surface area contributed by atoms with E-state index in [4.69, 9.17) is 17.3 Å². The van der Waals surface area contributed by atoms with Crippen LogP contribution in [0.5, 0.6) is 0 Å². The van der Waals surface area contributed by atoms with Gasteiger partial charge >= 0.3 is 0 Å². The lowest BCUT2D eigenvalue weighted by molar-refractivity contribution is -0.116. The molecular formula is C13H16ClN3OS. The highest BCUT2D eigenvalue weighted by atomic mass is 35.5. The predicted octanol–water partition coefficient (Wildman–Crippen LogP) is 4.05. The third kappa shape index (κ3) is 3.58. The van der Waals surface area contributed by atoms with E-state index in [2.05, 4.69) is 17.2 Å². The number of nitrogens with zero attached hydrogens (tertiary/aromatic N) is 1. The van der Waals surface area contributed by atoms with E-state index in [1.165, 1.54) is 11.3 Å². The van der Waals surface area contributed by atoms with Crippen LogP contribution in [0, 0.1) is 0 Å². The Morgan fingerprint density at radius 2 is 2.26 bits per heavy atom. The van der Waals surface area contributed by atoms with Gasteiger partial charge in [0.1, 0.15) is 5.52 Å². The number of thiazole rings is 1. The van der Waals surface area contributed by atoms with Crippen LogP contribution in [0.25, 0.3) is 10.2 Å². The molecule has 0 fully saturated rings. The molecule has 2 aromatic rings. The summed E-state index contributed by atoms with van der Waals surface area (Å²) in [7, 11) is 0. The molecule has 0 aliphatic carbocycles. The summed E-state index contributed by atoms with van der Waals surface area (Å²) in [5, 5.41) is 3.84. The van der Waals surface area contributed by atoms with Crippen molar-refractivity contribution in [2.45, 2.75) is 32.6 Å². The molecule has 1 aromatic carbocycles. The summed E-state index contributed by atoms with van der Waals surface area (Å²) >= 11 is 7.48. The summed E-state index contributed by atoms with van der Waals surface area (Å²) in [4.78, 5) is 15.9. The minimum absolute atomic E-state index is 0.0151. The Balaban J connectivity index is 2.10. The fourth-order valence-electron chi connectivity index (χ4n) is 1.84. The average molecular weight is 298 g/mol. The number of hydrogen-bond donors (Lipinski definition) is 2. The second-order valence-electron chi connectivity index (χ2n) is 4.36. The van der Waals surface area contributed by atoms with Crippen LogP contribution in [0.4, 0.5) is 10.8 Å². The van der Waals surface area contributed by atoms with Crippen LogP contribution >= 0.6 is 22.9 Å². The molecule has 19 heavy (non-hydrogen) atoms. The summed E-state index contributed by atoms with van der Waals surface area (Å²) in [6.07, 6.45) is 3.62. The van der Waals surface area contributed by atoms with Crippen LogP contribution in [0.15, 0.2) is 12.1 Å². The van der Waals surface area contributed by atoms with E-state index in [0.29, 0.717) is 27.8 Å². The number of fused-ring (bicyclic) bond motifs is 1. The summed E-state index contributed by atoms with van der Waals surface area (Å²) < 4.78 is 0.883. The van der Waals surface area contributed by atoms with Gasteiger partial charge in [0.15, 0.2) is 5.13 Å². The fourth-order valence-corrected chi connectivity index (χ4v) is 2.96. The second kappa shape index (κ2) is 6.21. The minimum atomic E-state index is 0.0151. The van der Waals surface area contributed by atoms with Gasteiger partial charge in [-0.1, -0.05) is 42.7 Å². The largest absolute Gasteiger partial charge is 0.375 e. The zero-order chi connectivity index (χ0) is 13.8. The topological polar surface area (TPSA) is 68.0 Å². The zero-order valence-electron chi connectivity index (χ0n) is 10.7. The van der Waals surface area contributed by atoms with E-state index < -0.39 is 0 Å². The number of amides is 1. The molecule has 0 saturated heterocycles. The van der Waals surface area contributed by atoms with Crippen LogP contribution in [-0.2, 0) is 4.79 Å². The molecule has 1 heterocycles. The number of nitrogens with one attached hydrogen (secondary N) is 1. The molecule has 0 bridgehead atoms. The summed E-state index contributed by atoms with van der Waals surface area (Å²) in [6.45, 7) is 2.11. The number of carbonyl (C=O) groups excluding carboxylic acids is 1. The van der Waals surface area contributed by atoms with Crippen molar-refractivity contribution in [2.75, 3.05) is 11.1 Å². The maximum Gasteiger partial charge on any atom is 0.224 e. The zero-order valence-corrected chi connectivity index (χ0v) is 12.3. The Hall–Kier alpha value is -1.33. The predicted molar refractivity (Wildman–Crippen MR) is 81.8 cm³/mol. The van der Waals surface area contributed by atoms with Crippen LogP contribution in [0.3, 0.4) is 0 Å². The highest BCUT2D eigenvalue weighted by Crippen LogP contribution is 2.32. The molecule has 0 aliphatic rings. The van der Waals surface area contributed by atoms with Crippen molar-refractivity contribution in [3.63, 3.8) is 0 Å². The van der Waals surface area contributed by atoms with Crippen molar-refractivity contribution < 1.29 is 4.79 Å². The molecular weight excluding hydrogens is 282 g/mol. The molecule has 4 nitrogen and oxygen atoms in total. The van der Waals surface area contributed by atoms with Crippen LogP contribution in [0.1, 0.15) is 32.6 Å². The number of nitrogen functional groups attached to an aromatic ring is 1. The number of rotatable bonds is 5. The molecule has 0 unspecified atom stereocenters. The molecule has 0 aliphatic heterocycles. The molecule has 102 valence electrons. The Kier molecular flexibility index (Phi) is 4.61. The van der Waals surface area contributed by atoms with E-state index >= 15 is 0 Å². The molecule has 3 N–H and O–H groups in total. The first kappa shape index (κ1) is 14.1. The first-order chi connectivity index (χ1) is 9.10. The third-order valence-electron chi connectivity index (χ3n) is 2.76. The van der Waals surface area contributed by atoms with E-state index in [0.717, 1.165) is 24.0 Å². The van der Waals surface area contributed by atoms with Gasteiger partial charge in [0.25, 0.3) is 0 Å². The summed E-state index contributed by atoms with van der Waals surface area (Å²) in [5.41, 5.74) is 7.04. The SMILES string of the molecule is CCCCCC(=O)Nc1cc(Cl)c2nc(N)sc2c1. The Morgan fingerprint density at radius 3 is 3.00 bits per heavy atom. The van der Waals surface area contributed by atoms with Gasteiger partial charge in [-0.25, -0.2) is 4.98 Å². The monoisotopic (exact) mass is 297 g/mol. The first-order valence-electron chi connectivity index (χ1n) is 6.25. The second-order valence-corrected chi connectivity index (χ2v) is 5.83. The van der Waals surface area contributed by atoms with Crippen molar-refractivity contribution in [3.8, 4) is 0 Å². The molecule has 6 heteroatoms. The van der Waals surface area contributed by atoms with Gasteiger partial charge in [-0.05, 0) is 18.6 Å². The number of carbonyl (C=O) groups is 1. The van der Waals surface area contributed by atoms with Gasteiger partial charge in [0.05, 0.1) is 9.72 Å². The van der Waals surface area contributed by atoms with Crippen molar-refractivity contribution >= 4 is 49.9 Å². The van der Waals surface area contributed by atoms with E-state index in [9.17, 15) is 4.79 Å². The lowest BCUT2D eigenvalue weighted by atomic mass is 10.2. The Labute approximate surface area is 121 Å². The summed E-state index contributed by atoms with van der Waals surface area (Å²) in [6, 6.07) is 3.56. The van der Waals surface area contributed by atoms with Crippen LogP contribution in [-0.4, -0.2) is 10.9 Å². The van der Waals surface area contributed by atoms with E-state index in [1.807, 2.05) is 6.07 Å². The smallest absolute Gasteiger partial charge is 0.224 e. The average Bonchev–Trinajstić information content (AvgIpc) is 2.70. The van der Waals surface area contributed by atoms with Crippen LogP contribution in [0.2, 0.25) is 5.02 Å². The number of halogens is 1. The van der Waals surface area contributed by atoms with Gasteiger partial charge < -0.3 is 11.1 Å². The fraction of sp³-hybridized carbons (Fsp3) is 0.385. The number of aromatic nitrogens is 1. The maximum absolute atomic E-state index is 11.7. The van der Waals surface area contributed by atoms with Gasteiger partial charge in [0, 0.05) is 12.1 Å². The molecule has 2 rings (SSSR count). The van der Waals surface area contributed by atoms with Crippen LogP contribution < -0.4 is 11.1 Å². The molecule has 0 radical (unpaired) electrons. The number of nitrogens with two attached hydrogens (primary N) is 1. The highest BCUT2D eigenvalue weighted by Gasteiger charge is 2.09. The van der Waals surface area contributed by atoms with E-state index in [-0.39, 0.29) is 5.91 Å². The first-order valence-corrected chi connectivity index (χ1v) is 7.45. The quantitative estimate of drug-likeness (QED) is 0.818. The molecule has 0 saturated carbocycles.